The molecule has 19 heavy (non-hydrogen) atoms. The SMILES string of the molecule is C[C@H](NCc1cc(Cl)cc(Cl)c1)c1ccccc1Cl. The normalized spacial score (nSPS) is 12.4. The summed E-state index contributed by atoms with van der Waals surface area (Å²) in [5, 5.41) is 5.47. The zero-order valence-corrected chi connectivity index (χ0v) is 12.7. The molecule has 0 aromatic heterocycles. The molecule has 0 unspecified atom stereocenters. The fourth-order valence-electron chi connectivity index (χ4n) is 1.92. The summed E-state index contributed by atoms with van der Waals surface area (Å²) < 4.78 is 0. The summed E-state index contributed by atoms with van der Waals surface area (Å²) in [5.41, 5.74) is 2.13. The Morgan fingerprint density at radius 1 is 1.00 bits per heavy atom. The molecule has 0 aliphatic heterocycles. The zero-order chi connectivity index (χ0) is 13.8. The van der Waals surface area contributed by atoms with Crippen molar-refractivity contribution in [1.29, 1.82) is 0 Å². The Bertz CT molecular complexity index is 549. The molecule has 1 atom stereocenters. The highest BCUT2D eigenvalue weighted by Crippen LogP contribution is 2.23. The largest absolute Gasteiger partial charge is 0.306 e. The Morgan fingerprint density at radius 3 is 2.26 bits per heavy atom. The maximum Gasteiger partial charge on any atom is 0.0453 e. The Balaban J connectivity index is 2.04. The molecule has 0 heterocycles. The molecule has 1 nitrogen and oxygen atoms in total. The van der Waals surface area contributed by atoms with E-state index in [1.54, 1.807) is 6.07 Å². The van der Waals surface area contributed by atoms with E-state index in [1.807, 2.05) is 36.4 Å². The molecule has 0 amide bonds. The van der Waals surface area contributed by atoms with Crippen LogP contribution >= 0.6 is 34.8 Å². The summed E-state index contributed by atoms with van der Waals surface area (Å²) >= 11 is 18.1. The van der Waals surface area contributed by atoms with Crippen molar-refractivity contribution in [3.8, 4) is 0 Å². The number of hydrogen-bond donors (Lipinski definition) is 1. The molecule has 0 aliphatic rings. The van der Waals surface area contributed by atoms with Crippen LogP contribution in [0.2, 0.25) is 15.1 Å². The molecule has 0 saturated heterocycles. The molecular formula is C15H14Cl3N. The molecule has 2 aromatic carbocycles. The molecule has 100 valence electrons. The van der Waals surface area contributed by atoms with Crippen molar-refractivity contribution in [2.24, 2.45) is 0 Å². The number of benzene rings is 2. The summed E-state index contributed by atoms with van der Waals surface area (Å²) in [7, 11) is 0. The van der Waals surface area contributed by atoms with Crippen LogP contribution in [0.25, 0.3) is 0 Å². The number of rotatable bonds is 4. The van der Waals surface area contributed by atoms with Crippen molar-refractivity contribution in [3.63, 3.8) is 0 Å². The van der Waals surface area contributed by atoms with Gasteiger partial charge in [0, 0.05) is 27.7 Å². The van der Waals surface area contributed by atoms with E-state index in [-0.39, 0.29) is 6.04 Å². The molecule has 0 aliphatic carbocycles. The fraction of sp³-hybridized carbons (Fsp3) is 0.200. The Hall–Kier alpha value is -0.730. The number of halogens is 3. The Kier molecular flexibility index (Phi) is 5.12. The van der Waals surface area contributed by atoms with Crippen molar-refractivity contribution in [2.75, 3.05) is 0 Å². The minimum atomic E-state index is 0.159. The standard InChI is InChI=1S/C15H14Cl3N/c1-10(14-4-2-3-5-15(14)18)19-9-11-6-12(16)8-13(17)7-11/h2-8,10,19H,9H2,1H3/t10-/m0/s1. The maximum absolute atomic E-state index is 6.17. The maximum atomic E-state index is 6.17. The van der Waals surface area contributed by atoms with E-state index in [9.17, 15) is 0 Å². The van der Waals surface area contributed by atoms with Crippen LogP contribution in [0.3, 0.4) is 0 Å². The van der Waals surface area contributed by atoms with Crippen molar-refractivity contribution < 1.29 is 0 Å². The lowest BCUT2D eigenvalue weighted by Crippen LogP contribution is -2.18. The summed E-state index contributed by atoms with van der Waals surface area (Å²) in [6.45, 7) is 2.76. The zero-order valence-electron chi connectivity index (χ0n) is 10.5. The second kappa shape index (κ2) is 6.62. The van der Waals surface area contributed by atoms with Crippen molar-refractivity contribution >= 4 is 34.8 Å². The average Bonchev–Trinajstić information content (AvgIpc) is 2.35. The second-order valence-corrected chi connectivity index (χ2v) is 5.68. The highest BCUT2D eigenvalue weighted by Gasteiger charge is 2.08. The molecule has 0 spiro atoms. The molecule has 0 bridgehead atoms. The first-order valence-electron chi connectivity index (χ1n) is 5.99. The van der Waals surface area contributed by atoms with Gasteiger partial charge in [0.05, 0.1) is 0 Å². The lowest BCUT2D eigenvalue weighted by molar-refractivity contribution is 0.575. The summed E-state index contributed by atoms with van der Waals surface area (Å²) in [4.78, 5) is 0. The monoisotopic (exact) mass is 313 g/mol. The summed E-state index contributed by atoms with van der Waals surface area (Å²) in [6, 6.07) is 13.5. The van der Waals surface area contributed by atoms with Gasteiger partial charge in [-0.2, -0.15) is 0 Å². The molecule has 0 fully saturated rings. The quantitative estimate of drug-likeness (QED) is 0.786. The van der Waals surface area contributed by atoms with Crippen LogP contribution in [0, 0.1) is 0 Å². The first kappa shape index (κ1) is 14.7. The van der Waals surface area contributed by atoms with Gasteiger partial charge in [-0.05, 0) is 42.3 Å². The van der Waals surface area contributed by atoms with Crippen molar-refractivity contribution in [2.45, 2.75) is 19.5 Å². The van der Waals surface area contributed by atoms with Gasteiger partial charge in [-0.3, -0.25) is 0 Å². The highest BCUT2D eigenvalue weighted by molar-refractivity contribution is 6.34. The fourth-order valence-corrected chi connectivity index (χ4v) is 2.79. The lowest BCUT2D eigenvalue weighted by atomic mass is 10.1. The van der Waals surface area contributed by atoms with Crippen LogP contribution < -0.4 is 5.32 Å². The third-order valence-corrected chi connectivity index (χ3v) is 3.69. The smallest absolute Gasteiger partial charge is 0.0453 e. The van der Waals surface area contributed by atoms with E-state index in [2.05, 4.69) is 12.2 Å². The summed E-state index contributed by atoms with van der Waals surface area (Å²) in [6.07, 6.45) is 0. The van der Waals surface area contributed by atoms with E-state index >= 15 is 0 Å². The van der Waals surface area contributed by atoms with E-state index in [1.165, 1.54) is 0 Å². The third-order valence-electron chi connectivity index (χ3n) is 2.91. The minimum absolute atomic E-state index is 0.159. The van der Waals surface area contributed by atoms with Crippen LogP contribution in [0.5, 0.6) is 0 Å². The topological polar surface area (TPSA) is 12.0 Å². The average molecular weight is 315 g/mol. The van der Waals surface area contributed by atoms with Crippen molar-refractivity contribution in [1.82, 2.24) is 5.32 Å². The van der Waals surface area contributed by atoms with Crippen LogP contribution in [0.4, 0.5) is 0 Å². The van der Waals surface area contributed by atoms with E-state index in [0.29, 0.717) is 16.6 Å². The first-order valence-corrected chi connectivity index (χ1v) is 7.12. The van der Waals surface area contributed by atoms with Crippen LogP contribution in [-0.2, 0) is 6.54 Å². The van der Waals surface area contributed by atoms with Gasteiger partial charge in [-0.1, -0.05) is 53.0 Å². The van der Waals surface area contributed by atoms with Gasteiger partial charge in [-0.15, -0.1) is 0 Å². The molecule has 2 rings (SSSR count). The molecule has 4 heteroatoms. The van der Waals surface area contributed by atoms with Gasteiger partial charge in [0.25, 0.3) is 0 Å². The van der Waals surface area contributed by atoms with Gasteiger partial charge in [0.2, 0.25) is 0 Å². The first-order chi connectivity index (χ1) is 9.06. The Morgan fingerprint density at radius 2 is 1.63 bits per heavy atom. The summed E-state index contributed by atoms with van der Waals surface area (Å²) in [5.74, 6) is 0. The minimum Gasteiger partial charge on any atom is -0.306 e. The lowest BCUT2D eigenvalue weighted by Gasteiger charge is -2.16. The van der Waals surface area contributed by atoms with Gasteiger partial charge < -0.3 is 5.32 Å². The van der Waals surface area contributed by atoms with Crippen molar-refractivity contribution in [3.05, 3.63) is 68.7 Å². The van der Waals surface area contributed by atoms with Crippen LogP contribution in [0.15, 0.2) is 42.5 Å². The molecule has 0 saturated carbocycles. The number of nitrogens with one attached hydrogen (secondary N) is 1. The third kappa shape index (κ3) is 4.12. The van der Waals surface area contributed by atoms with Gasteiger partial charge in [-0.25, -0.2) is 0 Å². The van der Waals surface area contributed by atoms with E-state index in [0.717, 1.165) is 16.1 Å². The molecular weight excluding hydrogens is 301 g/mol. The van der Waals surface area contributed by atoms with E-state index < -0.39 is 0 Å². The molecule has 0 radical (unpaired) electrons. The Labute approximate surface area is 128 Å². The van der Waals surface area contributed by atoms with Crippen LogP contribution in [-0.4, -0.2) is 0 Å². The van der Waals surface area contributed by atoms with Gasteiger partial charge in [0.15, 0.2) is 0 Å². The molecule has 1 N–H and O–H groups in total. The molecule has 2 aromatic rings. The van der Waals surface area contributed by atoms with Gasteiger partial charge in [0.1, 0.15) is 0 Å². The second-order valence-electron chi connectivity index (χ2n) is 4.40. The van der Waals surface area contributed by atoms with E-state index in [4.69, 9.17) is 34.8 Å². The highest BCUT2D eigenvalue weighted by atomic mass is 35.5. The predicted molar refractivity (Wildman–Crippen MR) is 83.2 cm³/mol. The predicted octanol–water partition coefficient (Wildman–Crippen LogP) is 5.50. The van der Waals surface area contributed by atoms with Crippen LogP contribution in [0.1, 0.15) is 24.1 Å². The van der Waals surface area contributed by atoms with Gasteiger partial charge >= 0.3 is 0 Å². The number of hydrogen-bond acceptors (Lipinski definition) is 1.